The second-order valence-corrected chi connectivity index (χ2v) is 4.18. The summed E-state index contributed by atoms with van der Waals surface area (Å²) in [4.78, 5) is 12.3. The van der Waals surface area contributed by atoms with Gasteiger partial charge >= 0.3 is 5.97 Å². The number of rotatable bonds is 5. The fourth-order valence-electron chi connectivity index (χ4n) is 1.58. The van der Waals surface area contributed by atoms with Gasteiger partial charge in [0.1, 0.15) is 28.9 Å². The number of likely N-dealkylation sites (N-methyl/N-ethyl adjacent to an activating group) is 1. The van der Waals surface area contributed by atoms with Crippen LogP contribution in [-0.2, 0) is 9.53 Å². The summed E-state index contributed by atoms with van der Waals surface area (Å²) in [6.45, 7) is 1.67. The van der Waals surface area contributed by atoms with E-state index in [1.807, 2.05) is 0 Å². The van der Waals surface area contributed by atoms with Crippen molar-refractivity contribution >= 4 is 28.9 Å². The van der Waals surface area contributed by atoms with Crippen molar-refractivity contribution in [1.82, 2.24) is 0 Å². The van der Waals surface area contributed by atoms with E-state index in [2.05, 4.69) is 17.0 Å². The summed E-state index contributed by atoms with van der Waals surface area (Å²) in [5.74, 6) is -2.24. The Labute approximate surface area is 115 Å². The Morgan fingerprint density at radius 1 is 1.42 bits per heavy atom. The second kappa shape index (κ2) is 6.42. The molecule has 1 aromatic rings. The molecule has 0 aliphatic carbocycles. The van der Waals surface area contributed by atoms with Crippen LogP contribution < -0.4 is 10.6 Å². The third-order valence-corrected chi connectivity index (χ3v) is 2.78. The first kappa shape index (κ1) is 15.3. The molecule has 0 saturated carbocycles. The quantitative estimate of drug-likeness (QED) is 0.659. The van der Waals surface area contributed by atoms with Crippen LogP contribution in [0.2, 0.25) is 0 Å². The first-order valence-electron chi connectivity index (χ1n) is 5.51. The van der Waals surface area contributed by atoms with E-state index < -0.39 is 17.6 Å². The van der Waals surface area contributed by atoms with Crippen molar-refractivity contribution in [3.05, 3.63) is 29.3 Å². The van der Waals surface area contributed by atoms with Gasteiger partial charge in [-0.2, -0.15) is 0 Å². The standard InChI is InChI=1S/C12H14F2N2O2S/c1-3-16(6-10(17)18-2)11-8(13)4-7(12(15)19)5-9(11)14/h4-5H,3,6H2,1-2H3,(H2,15,19). The molecule has 0 fully saturated rings. The summed E-state index contributed by atoms with van der Waals surface area (Å²) in [6, 6.07) is 2.08. The molecular formula is C12H14F2N2O2S. The molecule has 2 N–H and O–H groups in total. The van der Waals surface area contributed by atoms with Gasteiger partial charge in [0, 0.05) is 12.1 Å². The second-order valence-electron chi connectivity index (χ2n) is 3.74. The van der Waals surface area contributed by atoms with Gasteiger partial charge in [-0.15, -0.1) is 0 Å². The number of nitrogens with zero attached hydrogens (tertiary/aromatic N) is 1. The van der Waals surface area contributed by atoms with Crippen LogP contribution in [0.4, 0.5) is 14.5 Å². The van der Waals surface area contributed by atoms with Crippen molar-refractivity contribution in [2.45, 2.75) is 6.92 Å². The van der Waals surface area contributed by atoms with Gasteiger partial charge in [-0.3, -0.25) is 4.79 Å². The number of methoxy groups -OCH3 is 1. The number of ether oxygens (including phenoxy) is 1. The van der Waals surface area contributed by atoms with Gasteiger partial charge in [0.25, 0.3) is 0 Å². The molecule has 0 radical (unpaired) electrons. The maximum atomic E-state index is 13.9. The van der Waals surface area contributed by atoms with E-state index in [0.29, 0.717) is 0 Å². The number of benzene rings is 1. The number of hydrogen-bond donors (Lipinski definition) is 1. The van der Waals surface area contributed by atoms with Gasteiger partial charge in [0.15, 0.2) is 0 Å². The summed E-state index contributed by atoms with van der Waals surface area (Å²) in [7, 11) is 1.21. The fourth-order valence-corrected chi connectivity index (χ4v) is 1.70. The highest BCUT2D eigenvalue weighted by molar-refractivity contribution is 7.80. The van der Waals surface area contributed by atoms with Crippen molar-refractivity contribution in [3.63, 3.8) is 0 Å². The maximum Gasteiger partial charge on any atom is 0.325 e. The topological polar surface area (TPSA) is 55.6 Å². The van der Waals surface area contributed by atoms with Crippen molar-refractivity contribution in [3.8, 4) is 0 Å². The number of hydrogen-bond acceptors (Lipinski definition) is 4. The van der Waals surface area contributed by atoms with Gasteiger partial charge in [-0.1, -0.05) is 12.2 Å². The first-order chi connectivity index (χ1) is 8.90. The Morgan fingerprint density at radius 2 is 1.95 bits per heavy atom. The van der Waals surface area contributed by atoms with Gasteiger partial charge in [0.05, 0.1) is 7.11 Å². The fraction of sp³-hybridized carbons (Fsp3) is 0.333. The Morgan fingerprint density at radius 3 is 2.32 bits per heavy atom. The third kappa shape index (κ3) is 3.60. The Kier molecular flexibility index (Phi) is 5.17. The summed E-state index contributed by atoms with van der Waals surface area (Å²) < 4.78 is 32.3. The van der Waals surface area contributed by atoms with E-state index >= 15 is 0 Å². The normalized spacial score (nSPS) is 10.1. The summed E-state index contributed by atoms with van der Waals surface area (Å²) >= 11 is 4.66. The molecule has 4 nitrogen and oxygen atoms in total. The van der Waals surface area contributed by atoms with Crippen LogP contribution >= 0.6 is 12.2 Å². The molecule has 0 unspecified atom stereocenters. The number of halogens is 2. The molecule has 1 rings (SSSR count). The highest BCUT2D eigenvalue weighted by Gasteiger charge is 2.20. The third-order valence-electron chi connectivity index (χ3n) is 2.55. The van der Waals surface area contributed by atoms with Crippen LogP contribution in [-0.4, -0.2) is 31.2 Å². The van der Waals surface area contributed by atoms with E-state index in [4.69, 9.17) is 5.73 Å². The lowest BCUT2D eigenvalue weighted by atomic mass is 10.1. The summed E-state index contributed by atoms with van der Waals surface area (Å²) in [5, 5.41) is 0. The SMILES string of the molecule is CCN(CC(=O)OC)c1c(F)cc(C(N)=S)cc1F. The minimum Gasteiger partial charge on any atom is -0.468 e. The molecule has 7 heteroatoms. The Bertz CT molecular complexity index is 485. The van der Waals surface area contributed by atoms with Gasteiger partial charge in [0.2, 0.25) is 0 Å². The van der Waals surface area contributed by atoms with Crippen molar-refractivity contribution in [2.24, 2.45) is 5.73 Å². The predicted molar refractivity (Wildman–Crippen MR) is 72.1 cm³/mol. The molecule has 1 aromatic carbocycles. The molecule has 0 aliphatic heterocycles. The molecule has 0 heterocycles. The largest absolute Gasteiger partial charge is 0.468 e. The molecule has 0 atom stereocenters. The Hall–Kier alpha value is -1.76. The van der Waals surface area contributed by atoms with E-state index in [-0.39, 0.29) is 29.3 Å². The average Bonchev–Trinajstić information content (AvgIpc) is 2.35. The zero-order chi connectivity index (χ0) is 14.6. The van der Waals surface area contributed by atoms with Crippen LogP contribution in [0.1, 0.15) is 12.5 Å². The minimum atomic E-state index is -0.825. The molecule has 0 aromatic heterocycles. The first-order valence-corrected chi connectivity index (χ1v) is 5.92. The van der Waals surface area contributed by atoms with Crippen molar-refractivity contribution in [1.29, 1.82) is 0 Å². The van der Waals surface area contributed by atoms with Crippen LogP contribution in [0, 0.1) is 11.6 Å². The maximum absolute atomic E-state index is 13.9. The Balaban J connectivity index is 3.17. The summed E-state index contributed by atoms with van der Waals surface area (Å²) in [5.41, 5.74) is 5.12. The highest BCUT2D eigenvalue weighted by atomic mass is 32.1. The number of nitrogens with two attached hydrogens (primary N) is 1. The van der Waals surface area contributed by atoms with Crippen LogP contribution in [0.5, 0.6) is 0 Å². The molecule has 0 spiro atoms. The number of esters is 1. The van der Waals surface area contributed by atoms with Crippen LogP contribution in [0.25, 0.3) is 0 Å². The number of carbonyl (C=O) groups is 1. The van der Waals surface area contributed by atoms with Gasteiger partial charge in [-0.25, -0.2) is 8.78 Å². The molecule has 0 saturated heterocycles. The van der Waals surface area contributed by atoms with E-state index in [1.54, 1.807) is 6.92 Å². The van der Waals surface area contributed by atoms with Crippen LogP contribution in [0.15, 0.2) is 12.1 Å². The summed E-state index contributed by atoms with van der Waals surface area (Å²) in [6.07, 6.45) is 0. The van der Waals surface area contributed by atoms with E-state index in [9.17, 15) is 13.6 Å². The zero-order valence-corrected chi connectivity index (χ0v) is 11.4. The predicted octanol–water partition coefficient (Wildman–Crippen LogP) is 1.60. The van der Waals surface area contributed by atoms with Crippen molar-refractivity contribution < 1.29 is 18.3 Å². The smallest absolute Gasteiger partial charge is 0.325 e. The van der Waals surface area contributed by atoms with Gasteiger partial charge < -0.3 is 15.4 Å². The lowest BCUT2D eigenvalue weighted by Crippen LogP contribution is -2.32. The lowest BCUT2D eigenvalue weighted by molar-refractivity contribution is -0.138. The van der Waals surface area contributed by atoms with Crippen molar-refractivity contribution in [2.75, 3.05) is 25.1 Å². The zero-order valence-electron chi connectivity index (χ0n) is 10.6. The molecule has 0 amide bonds. The lowest BCUT2D eigenvalue weighted by Gasteiger charge is -2.23. The van der Waals surface area contributed by atoms with E-state index in [1.165, 1.54) is 12.0 Å². The molecular weight excluding hydrogens is 274 g/mol. The average molecular weight is 288 g/mol. The van der Waals surface area contributed by atoms with Crippen LogP contribution in [0.3, 0.4) is 0 Å². The molecule has 0 bridgehead atoms. The number of carbonyl (C=O) groups excluding carboxylic acids is 1. The van der Waals surface area contributed by atoms with E-state index in [0.717, 1.165) is 12.1 Å². The number of anilines is 1. The van der Waals surface area contributed by atoms with Gasteiger partial charge in [-0.05, 0) is 19.1 Å². The number of thiocarbonyl (C=S) groups is 1. The molecule has 19 heavy (non-hydrogen) atoms. The molecule has 0 aliphatic rings. The minimum absolute atomic E-state index is 0.0969. The highest BCUT2D eigenvalue weighted by Crippen LogP contribution is 2.25. The monoisotopic (exact) mass is 288 g/mol. The molecule has 104 valence electrons.